The van der Waals surface area contributed by atoms with Gasteiger partial charge in [0.2, 0.25) is 10.0 Å². The van der Waals surface area contributed by atoms with Crippen LogP contribution in [-0.4, -0.2) is 32.4 Å². The molecule has 0 bridgehead atoms. The number of benzene rings is 1. The lowest BCUT2D eigenvalue weighted by molar-refractivity contribution is 0.268. The number of piperidine rings is 1. The van der Waals surface area contributed by atoms with Crippen molar-refractivity contribution in [3.05, 3.63) is 23.3 Å². The highest BCUT2D eigenvalue weighted by atomic mass is 32.2. The molecule has 1 saturated heterocycles. The van der Waals surface area contributed by atoms with E-state index >= 15 is 0 Å². The Kier molecular flexibility index (Phi) is 4.39. The van der Waals surface area contributed by atoms with E-state index in [2.05, 4.69) is 0 Å². The second-order valence-corrected chi connectivity index (χ2v) is 7.41. The Morgan fingerprint density at radius 2 is 1.90 bits per heavy atom. The number of nitrogens with zero attached hydrogens (tertiary/aromatic N) is 1. The first-order valence-electron chi connectivity index (χ1n) is 7.05. The molecule has 112 valence electrons. The van der Waals surface area contributed by atoms with E-state index in [0.29, 0.717) is 11.4 Å². The molecule has 1 fully saturated rings. The SMILES string of the molecule is COc1cc(C)c(S(=O)(=O)N2CCCCC2C)cc1C. The van der Waals surface area contributed by atoms with E-state index in [9.17, 15) is 8.42 Å². The maximum absolute atomic E-state index is 12.9. The zero-order valence-electron chi connectivity index (χ0n) is 12.6. The van der Waals surface area contributed by atoms with E-state index in [-0.39, 0.29) is 6.04 Å². The first-order chi connectivity index (χ1) is 9.37. The number of rotatable bonds is 3. The van der Waals surface area contributed by atoms with Crippen LogP contribution < -0.4 is 4.74 Å². The molecule has 4 nitrogen and oxygen atoms in total. The lowest BCUT2D eigenvalue weighted by Gasteiger charge is -2.32. The molecule has 0 amide bonds. The number of methoxy groups -OCH3 is 1. The molecule has 0 aliphatic carbocycles. The maximum Gasteiger partial charge on any atom is 0.243 e. The van der Waals surface area contributed by atoms with Crippen LogP contribution in [0.1, 0.15) is 37.3 Å². The predicted octanol–water partition coefficient (Wildman–Crippen LogP) is 2.88. The maximum atomic E-state index is 12.9. The summed E-state index contributed by atoms with van der Waals surface area (Å²) in [4.78, 5) is 0.407. The van der Waals surface area contributed by atoms with Gasteiger partial charge in [0.1, 0.15) is 5.75 Å². The standard InChI is InChI=1S/C15H23NO3S/c1-11-10-15(12(2)9-14(11)19-4)20(17,18)16-8-6-5-7-13(16)3/h9-10,13H,5-8H2,1-4H3. The second kappa shape index (κ2) is 5.74. The molecular formula is C15H23NO3S. The van der Waals surface area contributed by atoms with Crippen molar-refractivity contribution in [1.29, 1.82) is 0 Å². The molecule has 1 aliphatic heterocycles. The minimum Gasteiger partial charge on any atom is -0.496 e. The first-order valence-corrected chi connectivity index (χ1v) is 8.49. The quantitative estimate of drug-likeness (QED) is 0.862. The van der Waals surface area contributed by atoms with Gasteiger partial charge in [0.05, 0.1) is 12.0 Å². The van der Waals surface area contributed by atoms with Gasteiger partial charge in [-0.1, -0.05) is 6.42 Å². The largest absolute Gasteiger partial charge is 0.496 e. The molecule has 1 heterocycles. The van der Waals surface area contributed by atoms with Crippen LogP contribution in [0.15, 0.2) is 17.0 Å². The van der Waals surface area contributed by atoms with Crippen LogP contribution in [0.4, 0.5) is 0 Å². The lowest BCUT2D eigenvalue weighted by atomic mass is 10.1. The smallest absolute Gasteiger partial charge is 0.243 e. The topological polar surface area (TPSA) is 46.6 Å². The molecule has 1 aromatic rings. The molecular weight excluding hydrogens is 274 g/mol. The van der Waals surface area contributed by atoms with Crippen LogP contribution in [0.25, 0.3) is 0 Å². The predicted molar refractivity (Wildman–Crippen MR) is 79.7 cm³/mol. The Balaban J connectivity index is 2.46. The average molecular weight is 297 g/mol. The van der Waals surface area contributed by atoms with Gasteiger partial charge in [-0.05, 0) is 56.9 Å². The Morgan fingerprint density at radius 3 is 2.50 bits per heavy atom. The van der Waals surface area contributed by atoms with Gasteiger partial charge >= 0.3 is 0 Å². The summed E-state index contributed by atoms with van der Waals surface area (Å²) in [7, 11) is -1.81. The van der Waals surface area contributed by atoms with E-state index in [1.165, 1.54) is 0 Å². The third kappa shape index (κ3) is 2.69. The van der Waals surface area contributed by atoms with Gasteiger partial charge in [0.15, 0.2) is 0 Å². The highest BCUT2D eigenvalue weighted by Gasteiger charge is 2.32. The normalized spacial score (nSPS) is 20.9. The van der Waals surface area contributed by atoms with E-state index < -0.39 is 10.0 Å². The van der Waals surface area contributed by atoms with Gasteiger partial charge in [0.25, 0.3) is 0 Å². The summed E-state index contributed by atoms with van der Waals surface area (Å²) in [5.74, 6) is 0.730. The molecule has 1 aliphatic rings. The number of ether oxygens (including phenoxy) is 1. The Bertz CT molecular complexity index is 595. The Hall–Kier alpha value is -1.07. The number of aryl methyl sites for hydroxylation is 2. The van der Waals surface area contributed by atoms with Gasteiger partial charge < -0.3 is 4.74 Å². The van der Waals surface area contributed by atoms with Gasteiger partial charge in [-0.2, -0.15) is 4.31 Å². The molecule has 20 heavy (non-hydrogen) atoms. The number of hydrogen-bond acceptors (Lipinski definition) is 3. The number of hydrogen-bond donors (Lipinski definition) is 0. The highest BCUT2D eigenvalue weighted by Crippen LogP contribution is 2.30. The summed E-state index contributed by atoms with van der Waals surface area (Å²) in [5, 5.41) is 0. The zero-order valence-corrected chi connectivity index (χ0v) is 13.5. The molecule has 1 aromatic carbocycles. The van der Waals surface area contributed by atoms with Crippen molar-refractivity contribution in [3.8, 4) is 5.75 Å². The highest BCUT2D eigenvalue weighted by molar-refractivity contribution is 7.89. The lowest BCUT2D eigenvalue weighted by Crippen LogP contribution is -2.42. The summed E-state index contributed by atoms with van der Waals surface area (Å²) in [5.41, 5.74) is 1.59. The third-order valence-corrected chi connectivity index (χ3v) is 6.18. The van der Waals surface area contributed by atoms with Crippen LogP contribution in [-0.2, 0) is 10.0 Å². The molecule has 0 saturated carbocycles. The molecule has 1 unspecified atom stereocenters. The molecule has 0 N–H and O–H groups in total. The molecule has 5 heteroatoms. The van der Waals surface area contributed by atoms with Crippen LogP contribution in [0.3, 0.4) is 0 Å². The first kappa shape index (κ1) is 15.3. The van der Waals surface area contributed by atoms with Crippen LogP contribution in [0.5, 0.6) is 5.75 Å². The number of sulfonamides is 1. The molecule has 0 radical (unpaired) electrons. The monoisotopic (exact) mass is 297 g/mol. The van der Waals surface area contributed by atoms with Crippen molar-refractivity contribution >= 4 is 10.0 Å². The van der Waals surface area contributed by atoms with Crippen molar-refractivity contribution in [3.63, 3.8) is 0 Å². The summed E-state index contributed by atoms with van der Waals surface area (Å²) in [6, 6.07) is 3.61. The van der Waals surface area contributed by atoms with Gasteiger partial charge in [-0.3, -0.25) is 0 Å². The third-order valence-electron chi connectivity index (χ3n) is 4.02. The van der Waals surface area contributed by atoms with Crippen molar-refractivity contribution in [2.75, 3.05) is 13.7 Å². The summed E-state index contributed by atoms with van der Waals surface area (Å²) < 4.78 is 32.6. The summed E-state index contributed by atoms with van der Waals surface area (Å²) in [6.07, 6.45) is 2.99. The summed E-state index contributed by atoms with van der Waals surface area (Å²) >= 11 is 0. The van der Waals surface area contributed by atoms with Crippen molar-refractivity contribution in [1.82, 2.24) is 4.31 Å². The summed E-state index contributed by atoms with van der Waals surface area (Å²) in [6.45, 7) is 6.30. The minimum atomic E-state index is -3.41. The Morgan fingerprint density at radius 1 is 1.20 bits per heavy atom. The molecule has 2 rings (SSSR count). The molecule has 0 aromatic heterocycles. The van der Waals surface area contributed by atoms with Crippen LogP contribution in [0, 0.1) is 13.8 Å². The van der Waals surface area contributed by atoms with Gasteiger partial charge in [-0.25, -0.2) is 8.42 Å². The van der Waals surface area contributed by atoms with Gasteiger partial charge in [-0.15, -0.1) is 0 Å². The van der Waals surface area contributed by atoms with Crippen molar-refractivity contribution < 1.29 is 13.2 Å². The van der Waals surface area contributed by atoms with Crippen molar-refractivity contribution in [2.45, 2.75) is 51.0 Å². The second-order valence-electron chi connectivity index (χ2n) is 5.55. The van der Waals surface area contributed by atoms with Crippen LogP contribution in [0.2, 0.25) is 0 Å². The van der Waals surface area contributed by atoms with E-state index in [0.717, 1.165) is 36.1 Å². The fourth-order valence-electron chi connectivity index (χ4n) is 2.82. The van der Waals surface area contributed by atoms with Crippen molar-refractivity contribution in [2.24, 2.45) is 0 Å². The van der Waals surface area contributed by atoms with E-state index in [1.54, 1.807) is 23.5 Å². The fourth-order valence-corrected chi connectivity index (χ4v) is 4.81. The minimum absolute atomic E-state index is 0.0792. The average Bonchev–Trinajstić information content (AvgIpc) is 2.41. The zero-order chi connectivity index (χ0) is 14.9. The molecule has 0 spiro atoms. The Labute approximate surface area is 121 Å². The van der Waals surface area contributed by atoms with Crippen LogP contribution >= 0.6 is 0 Å². The van der Waals surface area contributed by atoms with Gasteiger partial charge in [0, 0.05) is 12.6 Å². The van der Waals surface area contributed by atoms with E-state index in [1.807, 2.05) is 20.8 Å². The molecule has 1 atom stereocenters. The fraction of sp³-hybridized carbons (Fsp3) is 0.600. The van der Waals surface area contributed by atoms with E-state index in [4.69, 9.17) is 4.74 Å².